The van der Waals surface area contributed by atoms with Gasteiger partial charge in [-0.15, -0.1) is 0 Å². The second-order valence-corrected chi connectivity index (χ2v) is 4.46. The number of nitrogens with one attached hydrogen (secondary N) is 1. The standard InChI is InChI=1S/C15H24N2O2/c1-5-17(6-2)15(18)12(3)16-11-13-7-9-14(19-4)10-8-13/h7-10,12,16H,5-6,11H2,1-4H3. The zero-order chi connectivity index (χ0) is 14.3. The third kappa shape index (κ3) is 4.56. The topological polar surface area (TPSA) is 41.6 Å². The first-order valence-electron chi connectivity index (χ1n) is 6.77. The number of benzene rings is 1. The molecule has 0 aliphatic heterocycles. The van der Waals surface area contributed by atoms with E-state index in [0.29, 0.717) is 6.54 Å². The number of hydrogen-bond donors (Lipinski definition) is 1. The Balaban J connectivity index is 2.48. The molecule has 1 rings (SSSR count). The molecule has 0 saturated carbocycles. The van der Waals surface area contributed by atoms with Crippen molar-refractivity contribution >= 4 is 5.91 Å². The molecule has 0 radical (unpaired) electrons. The molecule has 1 amide bonds. The quantitative estimate of drug-likeness (QED) is 0.819. The van der Waals surface area contributed by atoms with Gasteiger partial charge in [-0.2, -0.15) is 0 Å². The summed E-state index contributed by atoms with van der Waals surface area (Å²) in [4.78, 5) is 13.9. The smallest absolute Gasteiger partial charge is 0.239 e. The van der Waals surface area contributed by atoms with E-state index in [0.717, 1.165) is 24.4 Å². The third-order valence-corrected chi connectivity index (χ3v) is 3.22. The van der Waals surface area contributed by atoms with Crippen LogP contribution in [0.3, 0.4) is 0 Å². The lowest BCUT2D eigenvalue weighted by atomic mass is 10.2. The van der Waals surface area contributed by atoms with Crippen LogP contribution < -0.4 is 10.1 Å². The number of ether oxygens (including phenoxy) is 1. The highest BCUT2D eigenvalue weighted by Gasteiger charge is 2.17. The highest BCUT2D eigenvalue weighted by Crippen LogP contribution is 2.11. The van der Waals surface area contributed by atoms with E-state index < -0.39 is 0 Å². The van der Waals surface area contributed by atoms with Crippen LogP contribution in [0.25, 0.3) is 0 Å². The van der Waals surface area contributed by atoms with Gasteiger partial charge in [0.05, 0.1) is 13.2 Å². The van der Waals surface area contributed by atoms with Gasteiger partial charge in [0.25, 0.3) is 0 Å². The van der Waals surface area contributed by atoms with Crippen molar-refractivity contribution in [3.8, 4) is 5.75 Å². The first-order valence-corrected chi connectivity index (χ1v) is 6.77. The Morgan fingerprint density at radius 1 is 1.26 bits per heavy atom. The molecule has 0 heterocycles. The maximum Gasteiger partial charge on any atom is 0.239 e. The van der Waals surface area contributed by atoms with Crippen LogP contribution in [-0.4, -0.2) is 37.0 Å². The Morgan fingerprint density at radius 2 is 1.84 bits per heavy atom. The van der Waals surface area contributed by atoms with E-state index in [4.69, 9.17) is 4.74 Å². The summed E-state index contributed by atoms with van der Waals surface area (Å²) in [5.41, 5.74) is 1.14. The van der Waals surface area contributed by atoms with E-state index in [1.54, 1.807) is 7.11 Å². The zero-order valence-corrected chi connectivity index (χ0v) is 12.3. The maximum absolute atomic E-state index is 12.1. The van der Waals surface area contributed by atoms with E-state index in [-0.39, 0.29) is 11.9 Å². The molecular weight excluding hydrogens is 240 g/mol. The van der Waals surface area contributed by atoms with Gasteiger partial charge in [-0.25, -0.2) is 0 Å². The number of rotatable bonds is 7. The molecule has 0 saturated heterocycles. The maximum atomic E-state index is 12.1. The third-order valence-electron chi connectivity index (χ3n) is 3.22. The molecule has 1 atom stereocenters. The Kier molecular flexibility index (Phi) is 6.36. The summed E-state index contributed by atoms with van der Waals surface area (Å²) in [6.07, 6.45) is 0. The van der Waals surface area contributed by atoms with Crippen LogP contribution in [-0.2, 0) is 11.3 Å². The fourth-order valence-electron chi connectivity index (χ4n) is 1.91. The van der Waals surface area contributed by atoms with E-state index in [1.807, 2.05) is 49.9 Å². The minimum absolute atomic E-state index is 0.151. The second-order valence-electron chi connectivity index (χ2n) is 4.46. The second kappa shape index (κ2) is 7.79. The minimum atomic E-state index is -0.165. The molecule has 0 aliphatic carbocycles. The number of carbonyl (C=O) groups excluding carboxylic acids is 1. The molecule has 4 nitrogen and oxygen atoms in total. The summed E-state index contributed by atoms with van der Waals surface area (Å²) in [5, 5.41) is 3.25. The summed E-state index contributed by atoms with van der Waals surface area (Å²) < 4.78 is 5.11. The van der Waals surface area contributed by atoms with Crippen molar-refractivity contribution in [2.24, 2.45) is 0 Å². The van der Waals surface area contributed by atoms with Crippen LogP contribution in [0.15, 0.2) is 24.3 Å². The molecule has 0 bridgehead atoms. The SMILES string of the molecule is CCN(CC)C(=O)C(C)NCc1ccc(OC)cc1. The van der Waals surface area contributed by atoms with Crippen molar-refractivity contribution in [2.75, 3.05) is 20.2 Å². The zero-order valence-electron chi connectivity index (χ0n) is 12.3. The largest absolute Gasteiger partial charge is 0.497 e. The fourth-order valence-corrected chi connectivity index (χ4v) is 1.91. The van der Waals surface area contributed by atoms with E-state index in [1.165, 1.54) is 0 Å². The Labute approximate surface area is 115 Å². The molecule has 106 valence electrons. The average molecular weight is 264 g/mol. The predicted octanol–water partition coefficient (Wildman–Crippen LogP) is 2.04. The Hall–Kier alpha value is -1.55. The molecule has 1 aromatic rings. The molecule has 4 heteroatoms. The monoisotopic (exact) mass is 264 g/mol. The highest BCUT2D eigenvalue weighted by atomic mass is 16.5. The average Bonchev–Trinajstić information content (AvgIpc) is 2.46. The van der Waals surface area contributed by atoms with Crippen molar-refractivity contribution in [2.45, 2.75) is 33.4 Å². The van der Waals surface area contributed by atoms with Gasteiger partial charge in [0.15, 0.2) is 0 Å². The van der Waals surface area contributed by atoms with Crippen molar-refractivity contribution < 1.29 is 9.53 Å². The number of nitrogens with zero attached hydrogens (tertiary/aromatic N) is 1. The van der Waals surface area contributed by atoms with Crippen molar-refractivity contribution in [3.63, 3.8) is 0 Å². The van der Waals surface area contributed by atoms with Gasteiger partial charge in [0.1, 0.15) is 5.75 Å². The molecule has 1 N–H and O–H groups in total. The van der Waals surface area contributed by atoms with Crippen LogP contribution in [0.4, 0.5) is 0 Å². The van der Waals surface area contributed by atoms with Crippen LogP contribution in [0, 0.1) is 0 Å². The summed E-state index contributed by atoms with van der Waals surface area (Å²) in [5.74, 6) is 0.995. The van der Waals surface area contributed by atoms with Crippen LogP contribution in [0.5, 0.6) is 5.75 Å². The van der Waals surface area contributed by atoms with Gasteiger partial charge >= 0.3 is 0 Å². The van der Waals surface area contributed by atoms with Crippen molar-refractivity contribution in [1.82, 2.24) is 10.2 Å². The number of likely N-dealkylation sites (N-methyl/N-ethyl adjacent to an activating group) is 1. The van der Waals surface area contributed by atoms with Crippen molar-refractivity contribution in [3.05, 3.63) is 29.8 Å². The van der Waals surface area contributed by atoms with E-state index in [9.17, 15) is 4.79 Å². The molecule has 0 spiro atoms. The van der Waals surface area contributed by atoms with Gasteiger partial charge in [-0.05, 0) is 38.5 Å². The van der Waals surface area contributed by atoms with E-state index >= 15 is 0 Å². The van der Waals surface area contributed by atoms with Crippen molar-refractivity contribution in [1.29, 1.82) is 0 Å². The number of hydrogen-bond acceptors (Lipinski definition) is 3. The van der Waals surface area contributed by atoms with Gasteiger partial charge < -0.3 is 15.0 Å². The van der Waals surface area contributed by atoms with Gasteiger partial charge in [-0.3, -0.25) is 4.79 Å². The minimum Gasteiger partial charge on any atom is -0.497 e. The van der Waals surface area contributed by atoms with Crippen LogP contribution in [0.2, 0.25) is 0 Å². The normalized spacial score (nSPS) is 12.0. The van der Waals surface area contributed by atoms with Crippen LogP contribution >= 0.6 is 0 Å². The lowest BCUT2D eigenvalue weighted by Gasteiger charge is -2.23. The molecule has 0 aliphatic rings. The fraction of sp³-hybridized carbons (Fsp3) is 0.533. The summed E-state index contributed by atoms with van der Waals surface area (Å²) in [6, 6.07) is 7.69. The summed E-state index contributed by atoms with van der Waals surface area (Å²) in [6.45, 7) is 8.09. The molecule has 1 unspecified atom stereocenters. The molecule has 0 fully saturated rings. The lowest BCUT2D eigenvalue weighted by Crippen LogP contribution is -2.44. The molecular formula is C15H24N2O2. The number of carbonyl (C=O) groups is 1. The number of methoxy groups -OCH3 is 1. The Morgan fingerprint density at radius 3 is 2.32 bits per heavy atom. The van der Waals surface area contributed by atoms with E-state index in [2.05, 4.69) is 5.32 Å². The molecule has 0 aromatic heterocycles. The highest BCUT2D eigenvalue weighted by molar-refractivity contribution is 5.81. The lowest BCUT2D eigenvalue weighted by molar-refractivity contribution is -0.132. The van der Waals surface area contributed by atoms with Crippen LogP contribution in [0.1, 0.15) is 26.3 Å². The molecule has 1 aromatic carbocycles. The summed E-state index contributed by atoms with van der Waals surface area (Å²) >= 11 is 0. The first-order chi connectivity index (χ1) is 9.12. The van der Waals surface area contributed by atoms with Gasteiger partial charge in [-0.1, -0.05) is 12.1 Å². The van der Waals surface area contributed by atoms with Gasteiger partial charge in [0.2, 0.25) is 5.91 Å². The first kappa shape index (κ1) is 15.5. The Bertz CT molecular complexity index is 386. The van der Waals surface area contributed by atoms with Gasteiger partial charge in [0, 0.05) is 19.6 Å². The molecule has 19 heavy (non-hydrogen) atoms. The number of amides is 1. The predicted molar refractivity (Wildman–Crippen MR) is 77.2 cm³/mol. The summed E-state index contributed by atoms with van der Waals surface area (Å²) in [7, 11) is 1.65.